The molecule has 1 fully saturated rings. The summed E-state index contributed by atoms with van der Waals surface area (Å²) in [5.41, 5.74) is 0.993. The number of ether oxygens (including phenoxy) is 2. The predicted molar refractivity (Wildman–Crippen MR) is 120 cm³/mol. The van der Waals surface area contributed by atoms with Gasteiger partial charge in [0, 0.05) is 13.1 Å². The van der Waals surface area contributed by atoms with E-state index in [9.17, 15) is 14.9 Å². The van der Waals surface area contributed by atoms with Crippen molar-refractivity contribution < 1.29 is 14.3 Å². The third-order valence-electron chi connectivity index (χ3n) is 4.83. The van der Waals surface area contributed by atoms with E-state index >= 15 is 0 Å². The molecule has 1 amide bonds. The van der Waals surface area contributed by atoms with Crippen LogP contribution in [0.25, 0.3) is 17.3 Å². The van der Waals surface area contributed by atoms with Crippen LogP contribution in [0.1, 0.15) is 5.56 Å². The molecule has 1 saturated heterocycles. The molecule has 2 aromatic heterocycles. The molecule has 7 nitrogen and oxygen atoms in total. The minimum absolute atomic E-state index is 0.0696. The highest BCUT2D eigenvalue weighted by molar-refractivity contribution is 7.08. The first-order valence-electron chi connectivity index (χ1n) is 9.54. The van der Waals surface area contributed by atoms with Gasteiger partial charge in [0.25, 0.3) is 11.5 Å². The number of nitriles is 1. The fourth-order valence-corrected chi connectivity index (χ4v) is 5.01. The molecular formula is C22H19N3O4S2. The molecule has 3 heterocycles. The Balaban J connectivity index is 2.02. The van der Waals surface area contributed by atoms with E-state index in [4.69, 9.17) is 9.47 Å². The molecule has 0 N–H and O–H groups in total. The first-order chi connectivity index (χ1) is 15.1. The van der Waals surface area contributed by atoms with E-state index in [0.717, 1.165) is 16.9 Å². The summed E-state index contributed by atoms with van der Waals surface area (Å²) in [5.74, 6) is 0.0691. The second-order valence-electron chi connectivity index (χ2n) is 6.68. The minimum Gasteiger partial charge on any atom is -0.495 e. The molecule has 0 bridgehead atoms. The maximum Gasteiger partial charge on any atom is 0.273 e. The Morgan fingerprint density at radius 1 is 1.26 bits per heavy atom. The quantitative estimate of drug-likeness (QED) is 0.595. The number of aromatic nitrogens is 1. The molecular weight excluding hydrogens is 434 g/mol. The normalized spacial score (nSPS) is 15.5. The van der Waals surface area contributed by atoms with E-state index in [1.807, 2.05) is 22.9 Å². The standard InChI is InChI=1S/C22H19N3O4S2/c1-28-18-5-3-2-4-17(18)25-21(27)19(12-15-6-11-30-14-15)31-22(25)16(13-23)20(26)24-7-9-29-10-8-24/h2-6,11-12,14H,7-10H2,1H3/b19-12+,22-16-. The first kappa shape index (κ1) is 21.1. The lowest BCUT2D eigenvalue weighted by molar-refractivity contribution is -0.128. The van der Waals surface area contributed by atoms with Gasteiger partial charge in [0.1, 0.15) is 16.5 Å². The molecule has 0 aliphatic carbocycles. The Bertz CT molecular complexity index is 1310. The summed E-state index contributed by atoms with van der Waals surface area (Å²) in [6.45, 7) is 1.65. The number of hydrogen-bond acceptors (Lipinski definition) is 7. The molecule has 1 aliphatic rings. The van der Waals surface area contributed by atoms with Gasteiger partial charge < -0.3 is 14.4 Å². The Morgan fingerprint density at radius 3 is 2.71 bits per heavy atom. The molecule has 0 unspecified atom stereocenters. The highest BCUT2D eigenvalue weighted by Gasteiger charge is 2.24. The Kier molecular flexibility index (Phi) is 6.32. The van der Waals surface area contributed by atoms with Gasteiger partial charge in [-0.15, -0.1) is 11.3 Å². The molecule has 9 heteroatoms. The average Bonchev–Trinajstić information content (AvgIpc) is 3.43. The highest BCUT2D eigenvalue weighted by Crippen LogP contribution is 2.20. The average molecular weight is 454 g/mol. The number of hydrogen-bond donors (Lipinski definition) is 0. The van der Waals surface area contributed by atoms with Gasteiger partial charge in [0.05, 0.1) is 30.5 Å². The maximum atomic E-state index is 13.4. The van der Waals surface area contributed by atoms with Gasteiger partial charge in [-0.05, 0) is 40.6 Å². The van der Waals surface area contributed by atoms with Crippen molar-refractivity contribution in [1.82, 2.24) is 9.47 Å². The zero-order chi connectivity index (χ0) is 21.8. The number of carbonyl (C=O) groups is 1. The SMILES string of the molecule is COc1ccccc1-n1c(=O)/c(=C\c2ccsc2)s/c1=C(/C#N)C(=O)N1CCOCC1. The van der Waals surface area contributed by atoms with E-state index in [1.165, 1.54) is 23.0 Å². The monoisotopic (exact) mass is 453 g/mol. The molecule has 1 aromatic carbocycles. The van der Waals surface area contributed by atoms with E-state index < -0.39 is 5.91 Å². The summed E-state index contributed by atoms with van der Waals surface area (Å²) >= 11 is 2.66. The molecule has 0 radical (unpaired) electrons. The van der Waals surface area contributed by atoms with Gasteiger partial charge in [0.15, 0.2) is 5.57 Å². The van der Waals surface area contributed by atoms with Gasteiger partial charge in [-0.2, -0.15) is 16.6 Å². The number of para-hydroxylation sites is 2. The van der Waals surface area contributed by atoms with Gasteiger partial charge in [-0.3, -0.25) is 14.2 Å². The van der Waals surface area contributed by atoms with Crippen molar-refractivity contribution in [2.45, 2.75) is 0 Å². The molecule has 31 heavy (non-hydrogen) atoms. The third kappa shape index (κ3) is 4.18. The van der Waals surface area contributed by atoms with E-state index in [-0.39, 0.29) is 15.8 Å². The van der Waals surface area contributed by atoms with Crippen LogP contribution in [0.5, 0.6) is 5.75 Å². The van der Waals surface area contributed by atoms with Crippen LogP contribution in [0, 0.1) is 11.3 Å². The van der Waals surface area contributed by atoms with Crippen molar-refractivity contribution in [3.63, 3.8) is 0 Å². The largest absolute Gasteiger partial charge is 0.495 e. The van der Waals surface area contributed by atoms with Gasteiger partial charge in [0.2, 0.25) is 0 Å². The van der Waals surface area contributed by atoms with Gasteiger partial charge in [-0.1, -0.05) is 12.1 Å². The fourth-order valence-electron chi connectivity index (χ4n) is 3.30. The number of carbonyl (C=O) groups excluding carboxylic acids is 1. The van der Waals surface area contributed by atoms with Crippen molar-refractivity contribution in [3.8, 4) is 17.5 Å². The lowest BCUT2D eigenvalue weighted by atomic mass is 10.2. The van der Waals surface area contributed by atoms with Gasteiger partial charge >= 0.3 is 0 Å². The van der Waals surface area contributed by atoms with Crippen LogP contribution < -0.4 is 19.5 Å². The highest BCUT2D eigenvalue weighted by atomic mass is 32.1. The van der Waals surface area contributed by atoms with E-state index in [1.54, 1.807) is 35.2 Å². The van der Waals surface area contributed by atoms with Crippen molar-refractivity contribution >= 4 is 40.2 Å². The molecule has 1 aliphatic heterocycles. The smallest absolute Gasteiger partial charge is 0.273 e. The molecule has 0 saturated carbocycles. The van der Waals surface area contributed by atoms with E-state index in [0.29, 0.717) is 42.3 Å². The number of nitrogens with zero attached hydrogens (tertiary/aromatic N) is 3. The van der Waals surface area contributed by atoms with Crippen molar-refractivity contribution in [3.05, 3.63) is 66.2 Å². The zero-order valence-electron chi connectivity index (χ0n) is 16.7. The van der Waals surface area contributed by atoms with Crippen LogP contribution in [0.4, 0.5) is 0 Å². The topological polar surface area (TPSA) is 84.6 Å². The molecule has 4 rings (SSSR count). The van der Waals surface area contributed by atoms with Crippen molar-refractivity contribution in [2.24, 2.45) is 0 Å². The predicted octanol–water partition coefficient (Wildman–Crippen LogP) is 1.33. The number of methoxy groups -OCH3 is 1. The Hall–Kier alpha value is -3.19. The second-order valence-corrected chi connectivity index (χ2v) is 8.49. The second kappa shape index (κ2) is 9.31. The van der Waals surface area contributed by atoms with Gasteiger partial charge in [-0.25, -0.2) is 0 Å². The molecule has 158 valence electrons. The van der Waals surface area contributed by atoms with Crippen molar-refractivity contribution in [1.29, 1.82) is 5.26 Å². The van der Waals surface area contributed by atoms with Crippen LogP contribution in [-0.2, 0) is 9.53 Å². The Morgan fingerprint density at radius 2 is 2.03 bits per heavy atom. The minimum atomic E-state index is -0.405. The number of rotatable bonds is 4. The Labute approximate surface area is 186 Å². The van der Waals surface area contributed by atoms with Crippen LogP contribution in [0.3, 0.4) is 0 Å². The van der Waals surface area contributed by atoms with Crippen LogP contribution in [-0.4, -0.2) is 48.8 Å². The molecule has 0 atom stereocenters. The summed E-state index contributed by atoms with van der Waals surface area (Å²) in [4.78, 5) is 28.2. The fraction of sp³-hybridized carbons (Fsp3) is 0.227. The molecule has 3 aromatic rings. The summed E-state index contributed by atoms with van der Waals surface area (Å²) in [5, 5.41) is 13.8. The maximum absolute atomic E-state index is 13.4. The summed E-state index contributed by atoms with van der Waals surface area (Å²) < 4.78 is 12.9. The van der Waals surface area contributed by atoms with Crippen molar-refractivity contribution in [2.75, 3.05) is 33.4 Å². The summed E-state index contributed by atoms with van der Waals surface area (Å²) in [6.07, 6.45) is 1.77. The number of benzene rings is 1. The number of thiophene rings is 1. The first-order valence-corrected chi connectivity index (χ1v) is 11.3. The lowest BCUT2D eigenvalue weighted by Crippen LogP contribution is -2.42. The number of amides is 1. The third-order valence-corrected chi connectivity index (χ3v) is 6.62. The number of thiazole rings is 1. The van der Waals surface area contributed by atoms with E-state index in [2.05, 4.69) is 0 Å². The number of morpholine rings is 1. The molecule has 0 spiro atoms. The summed E-state index contributed by atoms with van der Waals surface area (Å²) in [7, 11) is 1.52. The zero-order valence-corrected chi connectivity index (χ0v) is 18.4. The summed E-state index contributed by atoms with van der Waals surface area (Å²) in [6, 6.07) is 11.0. The van der Waals surface area contributed by atoms with Crippen LogP contribution in [0.2, 0.25) is 0 Å². The van der Waals surface area contributed by atoms with Crippen LogP contribution in [0.15, 0.2) is 45.9 Å². The lowest BCUT2D eigenvalue weighted by Gasteiger charge is -2.26. The van der Waals surface area contributed by atoms with Crippen LogP contribution >= 0.6 is 22.7 Å².